The van der Waals surface area contributed by atoms with Crippen molar-refractivity contribution in [2.75, 3.05) is 10.3 Å². The molecular formula is C18H18N6O2. The summed E-state index contributed by atoms with van der Waals surface area (Å²) < 4.78 is 0. The maximum absolute atomic E-state index is 11.6. The third kappa shape index (κ3) is 3.93. The fraction of sp³-hybridized carbons (Fsp3) is 0.111. The highest BCUT2D eigenvalue weighted by Crippen LogP contribution is 2.33. The zero-order valence-corrected chi connectivity index (χ0v) is 13.9. The van der Waals surface area contributed by atoms with Crippen molar-refractivity contribution in [1.29, 1.82) is 0 Å². The molecule has 0 atom stereocenters. The predicted octanol–water partition coefficient (Wildman–Crippen LogP) is 2.88. The van der Waals surface area contributed by atoms with Gasteiger partial charge in [0.25, 0.3) is 0 Å². The number of hydrazine groups is 1. The monoisotopic (exact) mass is 350 g/mol. The number of nitrogens with zero attached hydrogens (tertiary/aromatic N) is 4. The molecule has 3 rings (SSSR count). The minimum atomic E-state index is -0.520. The van der Waals surface area contributed by atoms with Crippen molar-refractivity contribution in [1.82, 2.24) is 9.97 Å². The van der Waals surface area contributed by atoms with Gasteiger partial charge in [-0.3, -0.25) is 10.1 Å². The van der Waals surface area contributed by atoms with E-state index in [2.05, 4.69) is 15.4 Å². The molecule has 1 aromatic heterocycles. The molecule has 0 aliphatic carbocycles. The van der Waals surface area contributed by atoms with Crippen LogP contribution in [-0.4, -0.2) is 14.9 Å². The quantitative estimate of drug-likeness (QED) is 0.383. The number of hydrogen-bond acceptors (Lipinski definition) is 7. The molecule has 8 nitrogen and oxygen atoms in total. The van der Waals surface area contributed by atoms with Gasteiger partial charge in [-0.1, -0.05) is 60.7 Å². The number of aromatic nitrogens is 2. The van der Waals surface area contributed by atoms with Gasteiger partial charge in [0, 0.05) is 13.1 Å². The van der Waals surface area contributed by atoms with Crippen molar-refractivity contribution < 1.29 is 4.92 Å². The molecule has 0 radical (unpaired) electrons. The molecule has 0 unspecified atom stereocenters. The van der Waals surface area contributed by atoms with E-state index in [9.17, 15) is 10.1 Å². The Labute approximate surface area is 150 Å². The van der Waals surface area contributed by atoms with E-state index in [1.807, 2.05) is 65.6 Å². The second-order valence-electron chi connectivity index (χ2n) is 5.62. The highest BCUT2D eigenvalue weighted by atomic mass is 16.6. The summed E-state index contributed by atoms with van der Waals surface area (Å²) in [5.74, 6) is 5.59. The molecular weight excluding hydrogens is 332 g/mol. The Morgan fingerprint density at radius 2 is 1.50 bits per heavy atom. The second-order valence-corrected chi connectivity index (χ2v) is 5.62. The number of hydrogen-bond donors (Lipinski definition) is 2. The summed E-state index contributed by atoms with van der Waals surface area (Å²) in [6.45, 7) is 0.912. The Kier molecular flexibility index (Phi) is 5.35. The van der Waals surface area contributed by atoms with Crippen LogP contribution in [0.4, 0.5) is 17.3 Å². The van der Waals surface area contributed by atoms with E-state index in [0.717, 1.165) is 11.1 Å². The summed E-state index contributed by atoms with van der Waals surface area (Å²) in [6, 6.07) is 19.4. The summed E-state index contributed by atoms with van der Waals surface area (Å²) in [7, 11) is 0. The normalized spacial score (nSPS) is 10.3. The summed E-state index contributed by atoms with van der Waals surface area (Å²) in [5.41, 5.74) is 4.06. The average Bonchev–Trinajstić information content (AvgIpc) is 2.68. The van der Waals surface area contributed by atoms with E-state index in [-0.39, 0.29) is 17.3 Å². The molecule has 26 heavy (non-hydrogen) atoms. The van der Waals surface area contributed by atoms with Gasteiger partial charge < -0.3 is 10.3 Å². The van der Waals surface area contributed by atoms with Crippen LogP contribution >= 0.6 is 0 Å². The fourth-order valence-electron chi connectivity index (χ4n) is 2.69. The first-order valence-electron chi connectivity index (χ1n) is 7.98. The minimum Gasteiger partial charge on any atom is -0.342 e. The van der Waals surface area contributed by atoms with E-state index >= 15 is 0 Å². The van der Waals surface area contributed by atoms with E-state index in [1.165, 1.54) is 6.33 Å². The smallest absolute Gasteiger partial charge is 0.342 e. The molecule has 0 spiro atoms. The Morgan fingerprint density at radius 3 is 1.96 bits per heavy atom. The molecule has 2 aromatic carbocycles. The molecule has 3 N–H and O–H groups in total. The summed E-state index contributed by atoms with van der Waals surface area (Å²) >= 11 is 0. The Hall–Kier alpha value is -3.52. The van der Waals surface area contributed by atoms with Gasteiger partial charge in [0.15, 0.2) is 0 Å². The first-order valence-corrected chi connectivity index (χ1v) is 7.98. The van der Waals surface area contributed by atoms with Gasteiger partial charge in [0.05, 0.1) is 4.92 Å². The van der Waals surface area contributed by atoms with Gasteiger partial charge in [-0.25, -0.2) is 15.8 Å². The van der Waals surface area contributed by atoms with Gasteiger partial charge in [0.1, 0.15) is 6.33 Å². The fourth-order valence-corrected chi connectivity index (χ4v) is 2.69. The number of nitrogens with one attached hydrogen (secondary N) is 1. The molecule has 1 heterocycles. The van der Waals surface area contributed by atoms with Gasteiger partial charge in [-0.15, -0.1) is 0 Å². The lowest BCUT2D eigenvalue weighted by atomic mass is 10.1. The minimum absolute atomic E-state index is 0.0221. The summed E-state index contributed by atoms with van der Waals surface area (Å²) in [4.78, 5) is 21.0. The molecule has 3 aromatic rings. The van der Waals surface area contributed by atoms with Crippen molar-refractivity contribution in [3.8, 4) is 0 Å². The first-order chi connectivity index (χ1) is 12.7. The van der Waals surface area contributed by atoms with Crippen LogP contribution in [0.15, 0.2) is 67.0 Å². The lowest BCUT2D eigenvalue weighted by Crippen LogP contribution is -2.25. The van der Waals surface area contributed by atoms with Gasteiger partial charge >= 0.3 is 5.69 Å². The molecule has 0 aliphatic rings. The van der Waals surface area contributed by atoms with E-state index in [1.54, 1.807) is 0 Å². The van der Waals surface area contributed by atoms with Crippen molar-refractivity contribution in [3.05, 3.63) is 88.2 Å². The molecule has 8 heteroatoms. The SMILES string of the molecule is NNc1ncnc(N(Cc2ccccc2)Cc2ccccc2)c1[N+](=O)[O-]. The summed E-state index contributed by atoms with van der Waals surface area (Å²) in [6.07, 6.45) is 1.26. The maximum Gasteiger partial charge on any atom is 0.354 e. The van der Waals surface area contributed by atoms with Crippen LogP contribution in [0.3, 0.4) is 0 Å². The van der Waals surface area contributed by atoms with Crippen LogP contribution in [0.2, 0.25) is 0 Å². The zero-order chi connectivity index (χ0) is 18.4. The zero-order valence-electron chi connectivity index (χ0n) is 13.9. The maximum atomic E-state index is 11.6. The van der Waals surface area contributed by atoms with E-state index < -0.39 is 4.92 Å². The molecule has 0 fully saturated rings. The second kappa shape index (κ2) is 8.04. The number of nitro groups is 1. The van der Waals surface area contributed by atoms with Crippen molar-refractivity contribution in [2.24, 2.45) is 5.84 Å². The highest BCUT2D eigenvalue weighted by Gasteiger charge is 2.27. The molecule has 0 amide bonds. The lowest BCUT2D eigenvalue weighted by molar-refractivity contribution is -0.383. The van der Waals surface area contributed by atoms with E-state index in [0.29, 0.717) is 13.1 Å². The van der Waals surface area contributed by atoms with Crippen LogP contribution in [0, 0.1) is 10.1 Å². The largest absolute Gasteiger partial charge is 0.354 e. The van der Waals surface area contributed by atoms with Gasteiger partial charge in [0.2, 0.25) is 11.6 Å². The third-order valence-electron chi connectivity index (χ3n) is 3.85. The topological polar surface area (TPSA) is 110 Å². The number of rotatable bonds is 7. The number of nitrogen functional groups attached to an aromatic ring is 1. The summed E-state index contributed by atoms with van der Waals surface area (Å²) in [5, 5.41) is 11.6. The first kappa shape index (κ1) is 17.3. The van der Waals surface area contributed by atoms with Crippen LogP contribution in [0.1, 0.15) is 11.1 Å². The number of anilines is 2. The van der Waals surface area contributed by atoms with E-state index in [4.69, 9.17) is 5.84 Å². The van der Waals surface area contributed by atoms with Crippen LogP contribution in [0.25, 0.3) is 0 Å². The third-order valence-corrected chi connectivity index (χ3v) is 3.85. The average molecular weight is 350 g/mol. The molecule has 132 valence electrons. The Balaban J connectivity index is 2.04. The van der Waals surface area contributed by atoms with Crippen molar-refractivity contribution in [3.63, 3.8) is 0 Å². The lowest BCUT2D eigenvalue weighted by Gasteiger charge is -2.24. The standard InChI is InChI=1S/C18H18N6O2/c19-22-17-16(24(25)26)18(21-13-20-17)23(11-14-7-3-1-4-8-14)12-15-9-5-2-6-10-15/h1-10,13H,11-12,19H2,(H,20,21,22). The van der Waals surface area contributed by atoms with Crippen LogP contribution in [0.5, 0.6) is 0 Å². The Morgan fingerprint density at radius 1 is 0.962 bits per heavy atom. The molecule has 0 saturated heterocycles. The van der Waals surface area contributed by atoms with Crippen molar-refractivity contribution >= 4 is 17.3 Å². The van der Waals surface area contributed by atoms with Crippen LogP contribution in [-0.2, 0) is 13.1 Å². The number of benzene rings is 2. The predicted molar refractivity (Wildman–Crippen MR) is 99.3 cm³/mol. The molecule has 0 saturated carbocycles. The van der Waals surface area contributed by atoms with Crippen molar-refractivity contribution in [2.45, 2.75) is 13.1 Å². The van der Waals surface area contributed by atoms with Crippen LogP contribution < -0.4 is 16.2 Å². The molecule has 0 bridgehead atoms. The van der Waals surface area contributed by atoms with Gasteiger partial charge in [-0.05, 0) is 11.1 Å². The highest BCUT2D eigenvalue weighted by molar-refractivity contribution is 5.70. The number of nitrogens with two attached hydrogens (primary N) is 1. The molecule has 0 aliphatic heterocycles. The van der Waals surface area contributed by atoms with Gasteiger partial charge in [-0.2, -0.15) is 0 Å². The Bertz CT molecular complexity index is 832.